The van der Waals surface area contributed by atoms with Crippen molar-refractivity contribution in [3.63, 3.8) is 0 Å². The Balaban J connectivity index is 1.28. The van der Waals surface area contributed by atoms with Crippen molar-refractivity contribution in [2.45, 2.75) is 0 Å². The lowest BCUT2D eigenvalue weighted by atomic mass is 10.0. The molecule has 11 aromatic rings. The molecule has 0 spiro atoms. The van der Waals surface area contributed by atoms with Crippen molar-refractivity contribution in [3.05, 3.63) is 231 Å². The molecule has 0 bridgehead atoms. The number of benzene rings is 9. The Kier molecular flexibility index (Phi) is 7.87. The Morgan fingerprint density at radius 3 is 1.46 bits per heavy atom. The van der Waals surface area contributed by atoms with E-state index in [-0.39, 0.29) is 0 Å². The molecule has 0 unspecified atom stereocenters. The normalized spacial score (nSPS) is 11.9. The summed E-state index contributed by atoms with van der Waals surface area (Å²) in [5.74, 6) is 0. The predicted octanol–water partition coefficient (Wildman–Crippen LogP) is 10.9. The zero-order valence-corrected chi connectivity index (χ0v) is 32.3. The van der Waals surface area contributed by atoms with E-state index in [9.17, 15) is 0 Å². The molecule has 57 heavy (non-hydrogen) atoms. The number of nitrogens with zero attached hydrogens (tertiary/aromatic N) is 2. The molecule has 268 valence electrons. The van der Waals surface area contributed by atoms with E-state index < -0.39 is 8.07 Å². The molecular weight excluding hydrogens is 705 g/mol. The number of fused-ring (bicyclic) bond motifs is 6. The quantitative estimate of drug-likeness (QED) is 0.114. The zero-order valence-electron chi connectivity index (χ0n) is 31.3. The summed E-state index contributed by atoms with van der Waals surface area (Å²) in [4.78, 5) is 0. The van der Waals surface area contributed by atoms with Gasteiger partial charge in [0.2, 0.25) is 0 Å². The molecule has 0 saturated carbocycles. The van der Waals surface area contributed by atoms with Gasteiger partial charge >= 0.3 is 0 Å². The summed E-state index contributed by atoms with van der Waals surface area (Å²) in [5.41, 5.74) is 9.47. The highest BCUT2D eigenvalue weighted by Gasteiger charge is 2.41. The van der Waals surface area contributed by atoms with Gasteiger partial charge in [0.1, 0.15) is 0 Å². The molecule has 2 nitrogen and oxygen atoms in total. The third-order valence-corrected chi connectivity index (χ3v) is 16.6. The SMILES string of the molecule is c1ccc(-c2ccc3c4cc([Si](c5ccccc5)(c5ccccc5)c5ccccc5)ccc4n(-c4cccc5c6ccccc6n(-c6ccccc6)c45)c3c2)cc1. The number of para-hydroxylation sites is 3. The summed E-state index contributed by atoms with van der Waals surface area (Å²) >= 11 is 0. The Morgan fingerprint density at radius 1 is 0.281 bits per heavy atom. The molecule has 9 aromatic carbocycles. The second-order valence-corrected chi connectivity index (χ2v) is 18.7. The minimum Gasteiger partial charge on any atom is -0.307 e. The van der Waals surface area contributed by atoms with E-state index in [0.717, 1.165) is 11.4 Å². The van der Waals surface area contributed by atoms with Crippen LogP contribution in [0.2, 0.25) is 0 Å². The predicted molar refractivity (Wildman–Crippen MR) is 244 cm³/mol. The Labute approximate surface area is 333 Å². The molecule has 0 fully saturated rings. The van der Waals surface area contributed by atoms with Gasteiger partial charge in [0.05, 0.1) is 27.8 Å². The van der Waals surface area contributed by atoms with Crippen LogP contribution in [-0.2, 0) is 0 Å². The average Bonchev–Trinajstić information content (AvgIpc) is 3.81. The third kappa shape index (κ3) is 5.17. The molecule has 0 saturated heterocycles. The molecule has 0 amide bonds. The molecule has 2 heterocycles. The fraction of sp³-hybridized carbons (Fsp3) is 0. The summed E-state index contributed by atoms with van der Waals surface area (Å²) in [5, 5.41) is 10.4. The van der Waals surface area contributed by atoms with Gasteiger partial charge in [-0.15, -0.1) is 0 Å². The van der Waals surface area contributed by atoms with E-state index in [1.165, 1.54) is 75.5 Å². The first-order chi connectivity index (χ1) is 28.3. The minimum absolute atomic E-state index is 1.15. The molecule has 3 heteroatoms. The molecule has 0 atom stereocenters. The van der Waals surface area contributed by atoms with Crippen molar-refractivity contribution in [1.29, 1.82) is 0 Å². The second kappa shape index (κ2) is 13.5. The van der Waals surface area contributed by atoms with Crippen LogP contribution in [-0.4, -0.2) is 17.2 Å². The summed E-state index contributed by atoms with van der Waals surface area (Å²) in [6.45, 7) is 0. The van der Waals surface area contributed by atoms with Crippen molar-refractivity contribution in [1.82, 2.24) is 9.13 Å². The average molecular weight is 743 g/mol. The minimum atomic E-state index is -2.77. The van der Waals surface area contributed by atoms with Crippen molar-refractivity contribution in [2.75, 3.05) is 0 Å². The highest BCUT2D eigenvalue weighted by molar-refractivity contribution is 7.20. The lowest BCUT2D eigenvalue weighted by Gasteiger charge is -2.34. The Morgan fingerprint density at radius 2 is 0.807 bits per heavy atom. The molecular formula is C54H38N2Si. The van der Waals surface area contributed by atoms with Gasteiger partial charge in [0.25, 0.3) is 0 Å². The summed E-state index contributed by atoms with van der Waals surface area (Å²) in [7, 11) is -2.77. The third-order valence-electron chi connectivity index (χ3n) is 11.9. The van der Waals surface area contributed by atoms with E-state index in [1.807, 2.05) is 0 Å². The van der Waals surface area contributed by atoms with E-state index >= 15 is 0 Å². The number of aromatic nitrogens is 2. The summed E-state index contributed by atoms with van der Waals surface area (Å²) in [6.07, 6.45) is 0. The van der Waals surface area contributed by atoms with Gasteiger partial charge in [-0.05, 0) is 68.3 Å². The van der Waals surface area contributed by atoms with Crippen LogP contribution in [0.5, 0.6) is 0 Å². The number of hydrogen-bond acceptors (Lipinski definition) is 0. The fourth-order valence-corrected chi connectivity index (χ4v) is 14.2. The highest BCUT2D eigenvalue weighted by Crippen LogP contribution is 2.40. The first kappa shape index (κ1) is 33.2. The van der Waals surface area contributed by atoms with E-state index in [0.29, 0.717) is 0 Å². The van der Waals surface area contributed by atoms with Crippen molar-refractivity contribution in [2.24, 2.45) is 0 Å². The van der Waals surface area contributed by atoms with Gasteiger partial charge in [0.15, 0.2) is 8.07 Å². The van der Waals surface area contributed by atoms with E-state index in [1.54, 1.807) is 0 Å². The molecule has 0 N–H and O–H groups in total. The van der Waals surface area contributed by atoms with Crippen LogP contribution in [0.1, 0.15) is 0 Å². The van der Waals surface area contributed by atoms with Crippen LogP contribution in [0.3, 0.4) is 0 Å². The zero-order chi connectivity index (χ0) is 37.8. The maximum absolute atomic E-state index is 2.77. The lowest BCUT2D eigenvalue weighted by Crippen LogP contribution is -2.74. The molecule has 0 aliphatic carbocycles. The number of rotatable bonds is 7. The van der Waals surface area contributed by atoms with Crippen molar-refractivity contribution < 1.29 is 0 Å². The van der Waals surface area contributed by atoms with Crippen molar-refractivity contribution in [3.8, 4) is 22.5 Å². The van der Waals surface area contributed by atoms with E-state index in [4.69, 9.17) is 0 Å². The smallest absolute Gasteiger partial charge is 0.179 e. The standard InChI is InChI=1S/C54H38N2Si/c1-6-19-39(20-7-1)40-33-35-47-49-38-45(57(42-23-10-3-11-24-42,43-25-12-4-13-26-43)44-27-14-5-15-28-44)34-36-51(49)56(53(47)37-40)52-32-18-30-48-46-29-16-17-31-50(46)55(54(48)52)41-21-8-2-9-22-41/h1-38H. The van der Waals surface area contributed by atoms with Crippen LogP contribution in [0.15, 0.2) is 231 Å². The summed E-state index contributed by atoms with van der Waals surface area (Å²) in [6, 6.07) is 85.2. The van der Waals surface area contributed by atoms with Gasteiger partial charge in [-0.1, -0.05) is 194 Å². The van der Waals surface area contributed by atoms with Gasteiger partial charge < -0.3 is 9.13 Å². The number of hydrogen-bond donors (Lipinski definition) is 0. The van der Waals surface area contributed by atoms with Gasteiger partial charge in [-0.3, -0.25) is 0 Å². The molecule has 11 rings (SSSR count). The topological polar surface area (TPSA) is 9.86 Å². The van der Waals surface area contributed by atoms with Crippen LogP contribution in [0.4, 0.5) is 0 Å². The molecule has 2 aromatic heterocycles. The van der Waals surface area contributed by atoms with Crippen LogP contribution in [0.25, 0.3) is 66.1 Å². The fourth-order valence-electron chi connectivity index (χ4n) is 9.41. The lowest BCUT2D eigenvalue weighted by molar-refractivity contribution is 1.13. The first-order valence-electron chi connectivity index (χ1n) is 19.7. The van der Waals surface area contributed by atoms with Crippen LogP contribution >= 0.6 is 0 Å². The van der Waals surface area contributed by atoms with Crippen LogP contribution < -0.4 is 20.7 Å². The van der Waals surface area contributed by atoms with Gasteiger partial charge in [0, 0.05) is 27.2 Å². The van der Waals surface area contributed by atoms with Gasteiger partial charge in [-0.25, -0.2) is 0 Å². The largest absolute Gasteiger partial charge is 0.307 e. The highest BCUT2D eigenvalue weighted by atomic mass is 28.3. The molecule has 0 aliphatic rings. The van der Waals surface area contributed by atoms with Crippen molar-refractivity contribution >= 4 is 72.4 Å². The maximum Gasteiger partial charge on any atom is 0.179 e. The van der Waals surface area contributed by atoms with Crippen LogP contribution in [0, 0.1) is 0 Å². The van der Waals surface area contributed by atoms with E-state index in [2.05, 4.69) is 240 Å². The second-order valence-electron chi connectivity index (χ2n) is 14.9. The monoisotopic (exact) mass is 742 g/mol. The Bertz CT molecular complexity index is 3110. The molecule has 0 radical (unpaired) electrons. The first-order valence-corrected chi connectivity index (χ1v) is 21.7. The Hall–Kier alpha value is -7.20. The summed E-state index contributed by atoms with van der Waals surface area (Å²) < 4.78 is 4.98. The maximum atomic E-state index is 2.53. The molecule has 0 aliphatic heterocycles. The van der Waals surface area contributed by atoms with Gasteiger partial charge in [-0.2, -0.15) is 0 Å².